The summed E-state index contributed by atoms with van der Waals surface area (Å²) in [6.07, 6.45) is 1.53. The molecule has 1 fully saturated rings. The number of ether oxygens (including phenoxy) is 2. The predicted molar refractivity (Wildman–Crippen MR) is 48.5 cm³/mol. The Morgan fingerprint density at radius 1 is 1.21 bits per heavy atom. The third-order valence-electron chi connectivity index (χ3n) is 2.42. The van der Waals surface area contributed by atoms with E-state index in [1.165, 1.54) is 14.2 Å². The SMILES string of the molecule is COC(=O)C1CCCNC1C(=O)OC. The number of carbonyl (C=O) groups excluding carboxylic acids is 2. The Kier molecular flexibility index (Phi) is 3.88. The zero-order valence-electron chi connectivity index (χ0n) is 8.41. The molecule has 1 saturated heterocycles. The molecular weight excluding hydrogens is 186 g/mol. The van der Waals surface area contributed by atoms with Gasteiger partial charge in [-0.15, -0.1) is 0 Å². The van der Waals surface area contributed by atoms with Gasteiger partial charge in [0.15, 0.2) is 0 Å². The van der Waals surface area contributed by atoms with E-state index in [9.17, 15) is 9.59 Å². The molecule has 1 N–H and O–H groups in total. The number of rotatable bonds is 2. The van der Waals surface area contributed by atoms with E-state index in [4.69, 9.17) is 0 Å². The van der Waals surface area contributed by atoms with Crippen LogP contribution in [0.1, 0.15) is 12.8 Å². The Labute approximate surface area is 82.8 Å². The van der Waals surface area contributed by atoms with Gasteiger partial charge in [0.2, 0.25) is 0 Å². The second-order valence-corrected chi connectivity index (χ2v) is 3.23. The van der Waals surface area contributed by atoms with Gasteiger partial charge in [0, 0.05) is 0 Å². The normalized spacial score (nSPS) is 26.7. The van der Waals surface area contributed by atoms with Gasteiger partial charge in [0.25, 0.3) is 0 Å². The fraction of sp³-hybridized carbons (Fsp3) is 0.778. The molecule has 0 aromatic carbocycles. The van der Waals surface area contributed by atoms with E-state index in [0.29, 0.717) is 6.42 Å². The Balaban J connectivity index is 2.68. The minimum absolute atomic E-state index is 0.354. The molecule has 1 aliphatic heterocycles. The molecule has 1 aliphatic rings. The molecule has 80 valence electrons. The highest BCUT2D eigenvalue weighted by Crippen LogP contribution is 2.18. The number of nitrogens with one attached hydrogen (secondary N) is 1. The lowest BCUT2D eigenvalue weighted by Crippen LogP contribution is -2.50. The molecule has 2 unspecified atom stereocenters. The second kappa shape index (κ2) is 4.95. The van der Waals surface area contributed by atoms with E-state index in [-0.39, 0.29) is 5.97 Å². The van der Waals surface area contributed by atoms with Crippen LogP contribution in [0, 0.1) is 5.92 Å². The Morgan fingerprint density at radius 3 is 2.43 bits per heavy atom. The average Bonchev–Trinajstić information content (AvgIpc) is 2.27. The molecule has 0 bridgehead atoms. The molecule has 0 spiro atoms. The van der Waals surface area contributed by atoms with Crippen molar-refractivity contribution in [2.75, 3.05) is 20.8 Å². The van der Waals surface area contributed by atoms with Gasteiger partial charge in [-0.2, -0.15) is 0 Å². The van der Waals surface area contributed by atoms with Gasteiger partial charge in [0.05, 0.1) is 20.1 Å². The average molecular weight is 201 g/mol. The predicted octanol–water partition coefficient (Wildman–Crippen LogP) is -0.299. The largest absolute Gasteiger partial charge is 0.469 e. The summed E-state index contributed by atoms with van der Waals surface area (Å²) in [5, 5.41) is 2.96. The summed E-state index contributed by atoms with van der Waals surface area (Å²) in [6.45, 7) is 0.729. The van der Waals surface area contributed by atoms with Crippen molar-refractivity contribution >= 4 is 11.9 Å². The van der Waals surface area contributed by atoms with E-state index in [1.807, 2.05) is 0 Å². The lowest BCUT2D eigenvalue weighted by Gasteiger charge is -2.28. The molecule has 1 rings (SSSR count). The van der Waals surface area contributed by atoms with Crippen LogP contribution in [0.2, 0.25) is 0 Å². The van der Waals surface area contributed by atoms with E-state index in [0.717, 1.165) is 13.0 Å². The van der Waals surface area contributed by atoms with E-state index in [2.05, 4.69) is 14.8 Å². The van der Waals surface area contributed by atoms with Gasteiger partial charge in [-0.25, -0.2) is 0 Å². The van der Waals surface area contributed by atoms with Gasteiger partial charge in [0.1, 0.15) is 6.04 Å². The first-order chi connectivity index (χ1) is 6.70. The Morgan fingerprint density at radius 2 is 1.86 bits per heavy atom. The molecule has 1 heterocycles. The molecule has 0 radical (unpaired) electrons. The highest BCUT2D eigenvalue weighted by atomic mass is 16.5. The van der Waals surface area contributed by atoms with Gasteiger partial charge in [-0.1, -0.05) is 0 Å². The number of carbonyl (C=O) groups is 2. The molecule has 0 amide bonds. The van der Waals surface area contributed by atoms with Crippen molar-refractivity contribution in [2.45, 2.75) is 18.9 Å². The molecule has 2 atom stereocenters. The first-order valence-electron chi connectivity index (χ1n) is 4.59. The summed E-state index contributed by atoms with van der Waals surface area (Å²) in [5.41, 5.74) is 0. The van der Waals surface area contributed by atoms with Crippen LogP contribution in [0.25, 0.3) is 0 Å². The van der Waals surface area contributed by atoms with Crippen LogP contribution in [-0.4, -0.2) is 38.7 Å². The minimum atomic E-state index is -0.554. The fourth-order valence-electron chi connectivity index (χ4n) is 1.67. The minimum Gasteiger partial charge on any atom is -0.469 e. The van der Waals surface area contributed by atoms with Crippen molar-refractivity contribution in [3.63, 3.8) is 0 Å². The summed E-state index contributed by atoms with van der Waals surface area (Å²) in [5.74, 6) is -1.17. The Hall–Kier alpha value is -1.10. The van der Waals surface area contributed by atoms with Crippen LogP contribution < -0.4 is 5.32 Å². The maximum atomic E-state index is 11.3. The second-order valence-electron chi connectivity index (χ2n) is 3.23. The molecule has 0 saturated carbocycles. The highest BCUT2D eigenvalue weighted by molar-refractivity contribution is 5.84. The summed E-state index contributed by atoms with van der Waals surface area (Å²) < 4.78 is 9.23. The van der Waals surface area contributed by atoms with Crippen molar-refractivity contribution in [3.8, 4) is 0 Å². The summed E-state index contributed by atoms with van der Waals surface area (Å²) >= 11 is 0. The van der Waals surface area contributed by atoms with Crippen molar-refractivity contribution in [1.82, 2.24) is 5.32 Å². The zero-order chi connectivity index (χ0) is 10.6. The third-order valence-corrected chi connectivity index (χ3v) is 2.42. The lowest BCUT2D eigenvalue weighted by atomic mass is 9.91. The molecule has 0 aromatic heterocycles. The standard InChI is InChI=1S/C9H15NO4/c1-13-8(11)6-4-3-5-10-7(6)9(12)14-2/h6-7,10H,3-5H2,1-2H3. The summed E-state index contributed by atoms with van der Waals surface area (Å²) in [6, 6.07) is -0.554. The van der Waals surface area contributed by atoms with E-state index >= 15 is 0 Å². The molecule has 0 aliphatic carbocycles. The van der Waals surface area contributed by atoms with Crippen LogP contribution in [0.3, 0.4) is 0 Å². The maximum Gasteiger partial charge on any atom is 0.323 e. The first-order valence-corrected chi connectivity index (χ1v) is 4.59. The zero-order valence-corrected chi connectivity index (χ0v) is 8.41. The van der Waals surface area contributed by atoms with Gasteiger partial charge in [-0.3, -0.25) is 9.59 Å². The van der Waals surface area contributed by atoms with Crippen molar-refractivity contribution in [3.05, 3.63) is 0 Å². The first kappa shape index (κ1) is 11.0. The topological polar surface area (TPSA) is 64.6 Å². The van der Waals surface area contributed by atoms with Crippen LogP contribution in [0.5, 0.6) is 0 Å². The maximum absolute atomic E-state index is 11.3. The number of methoxy groups -OCH3 is 2. The molecule has 5 heteroatoms. The van der Waals surface area contributed by atoms with Gasteiger partial charge < -0.3 is 14.8 Å². The molecular formula is C9H15NO4. The summed E-state index contributed by atoms with van der Waals surface area (Å²) in [7, 11) is 2.64. The summed E-state index contributed by atoms with van der Waals surface area (Å²) in [4.78, 5) is 22.6. The van der Waals surface area contributed by atoms with Gasteiger partial charge >= 0.3 is 11.9 Å². The smallest absolute Gasteiger partial charge is 0.323 e. The number of piperidine rings is 1. The number of hydrogen-bond donors (Lipinski definition) is 1. The van der Waals surface area contributed by atoms with Crippen LogP contribution in [0.15, 0.2) is 0 Å². The van der Waals surface area contributed by atoms with E-state index in [1.54, 1.807) is 0 Å². The fourth-order valence-corrected chi connectivity index (χ4v) is 1.67. The van der Waals surface area contributed by atoms with Crippen LogP contribution in [-0.2, 0) is 19.1 Å². The van der Waals surface area contributed by atoms with Crippen molar-refractivity contribution in [1.29, 1.82) is 0 Å². The third kappa shape index (κ3) is 2.23. The number of hydrogen-bond acceptors (Lipinski definition) is 5. The molecule has 14 heavy (non-hydrogen) atoms. The quantitative estimate of drug-likeness (QED) is 0.621. The Bertz CT molecular complexity index is 205. The lowest BCUT2D eigenvalue weighted by molar-refractivity contribution is -0.156. The number of esters is 2. The van der Waals surface area contributed by atoms with Gasteiger partial charge in [-0.05, 0) is 19.4 Å². The van der Waals surface area contributed by atoms with Crippen LogP contribution >= 0.6 is 0 Å². The highest BCUT2D eigenvalue weighted by Gasteiger charge is 2.36. The van der Waals surface area contributed by atoms with E-state index < -0.39 is 17.9 Å². The van der Waals surface area contributed by atoms with Crippen LogP contribution in [0.4, 0.5) is 0 Å². The molecule has 0 aromatic rings. The molecule has 5 nitrogen and oxygen atoms in total. The van der Waals surface area contributed by atoms with Crippen molar-refractivity contribution in [2.24, 2.45) is 5.92 Å². The monoisotopic (exact) mass is 201 g/mol. The van der Waals surface area contributed by atoms with Crippen molar-refractivity contribution < 1.29 is 19.1 Å².